The summed E-state index contributed by atoms with van der Waals surface area (Å²) in [5.74, 6) is -0.641. The van der Waals surface area contributed by atoms with Crippen molar-refractivity contribution in [2.24, 2.45) is 0 Å². The first-order chi connectivity index (χ1) is 12.1. The Kier molecular flexibility index (Phi) is 5.09. The van der Waals surface area contributed by atoms with Crippen LogP contribution in [0.1, 0.15) is 44.9 Å². The molecule has 2 atom stereocenters. The second kappa shape index (κ2) is 7.44. The molecule has 1 aromatic carbocycles. The summed E-state index contributed by atoms with van der Waals surface area (Å²) < 4.78 is 0. The van der Waals surface area contributed by atoms with Gasteiger partial charge < -0.3 is 15.7 Å². The van der Waals surface area contributed by atoms with Crippen molar-refractivity contribution in [1.82, 2.24) is 15.6 Å². The van der Waals surface area contributed by atoms with Crippen molar-refractivity contribution >= 4 is 11.8 Å². The first-order valence-electron chi connectivity index (χ1n) is 8.32. The molecule has 6 heteroatoms. The number of hydrogen-bond donors (Lipinski definition) is 3. The maximum atomic E-state index is 12.5. The van der Waals surface area contributed by atoms with Gasteiger partial charge in [0.05, 0.1) is 12.1 Å². The van der Waals surface area contributed by atoms with E-state index in [0.717, 1.165) is 12.0 Å². The number of hydrogen-bond acceptors (Lipinski definition) is 4. The maximum Gasteiger partial charge on any atom is 0.269 e. The second-order valence-corrected chi connectivity index (χ2v) is 6.20. The van der Waals surface area contributed by atoms with E-state index in [0.29, 0.717) is 24.1 Å². The van der Waals surface area contributed by atoms with Crippen LogP contribution < -0.4 is 10.6 Å². The fourth-order valence-corrected chi connectivity index (χ4v) is 2.76. The quantitative estimate of drug-likeness (QED) is 0.765. The summed E-state index contributed by atoms with van der Waals surface area (Å²) in [6.45, 7) is 0. The van der Waals surface area contributed by atoms with Crippen LogP contribution in [0.25, 0.3) is 0 Å². The molecule has 2 aromatic rings. The summed E-state index contributed by atoms with van der Waals surface area (Å²) in [7, 11) is 1.53. The summed E-state index contributed by atoms with van der Waals surface area (Å²) in [4.78, 5) is 28.8. The van der Waals surface area contributed by atoms with E-state index in [2.05, 4.69) is 15.6 Å². The zero-order chi connectivity index (χ0) is 17.8. The van der Waals surface area contributed by atoms with Gasteiger partial charge in [-0.2, -0.15) is 0 Å². The molecule has 1 aromatic heterocycles. The Hall–Kier alpha value is -2.73. The lowest BCUT2D eigenvalue weighted by Crippen LogP contribution is -2.50. The number of nitrogens with one attached hydrogen (secondary N) is 2. The number of carbonyl (C=O) groups is 2. The van der Waals surface area contributed by atoms with E-state index in [1.807, 2.05) is 30.3 Å². The van der Waals surface area contributed by atoms with Gasteiger partial charge in [0.1, 0.15) is 5.69 Å². The average Bonchev–Trinajstić information content (AvgIpc) is 2.64. The van der Waals surface area contributed by atoms with Gasteiger partial charge in [-0.05, 0) is 30.5 Å². The monoisotopic (exact) mass is 339 g/mol. The minimum Gasteiger partial charge on any atom is -0.391 e. The van der Waals surface area contributed by atoms with E-state index in [1.54, 1.807) is 6.07 Å². The number of aliphatic hydroxyl groups is 1. The molecule has 3 rings (SSSR count). The van der Waals surface area contributed by atoms with Crippen LogP contribution in [0, 0.1) is 0 Å². The summed E-state index contributed by atoms with van der Waals surface area (Å²) >= 11 is 0. The van der Waals surface area contributed by atoms with Gasteiger partial charge in [0.2, 0.25) is 0 Å². The molecule has 3 N–H and O–H groups in total. The highest BCUT2D eigenvalue weighted by Crippen LogP contribution is 2.20. The third-order valence-electron chi connectivity index (χ3n) is 4.38. The summed E-state index contributed by atoms with van der Waals surface area (Å²) in [5.41, 5.74) is 2.27. The van der Waals surface area contributed by atoms with Gasteiger partial charge in [-0.15, -0.1) is 0 Å². The highest BCUT2D eigenvalue weighted by Gasteiger charge is 2.30. The number of rotatable bonds is 5. The van der Waals surface area contributed by atoms with Gasteiger partial charge in [0.15, 0.2) is 0 Å². The SMILES string of the molecule is CNC(=O)c1cc(C(=O)N[C@H]2CC[C@@H]2O)cc(Cc2ccccc2)n1. The molecule has 0 saturated heterocycles. The Morgan fingerprint density at radius 3 is 2.52 bits per heavy atom. The van der Waals surface area contributed by atoms with E-state index in [1.165, 1.54) is 13.1 Å². The van der Waals surface area contributed by atoms with Gasteiger partial charge in [-0.1, -0.05) is 30.3 Å². The van der Waals surface area contributed by atoms with Crippen LogP contribution in [0.15, 0.2) is 42.5 Å². The minimum absolute atomic E-state index is 0.204. The predicted octanol–water partition coefficient (Wildman–Crippen LogP) is 1.29. The number of nitrogens with zero attached hydrogens (tertiary/aromatic N) is 1. The van der Waals surface area contributed by atoms with E-state index < -0.39 is 6.10 Å². The van der Waals surface area contributed by atoms with E-state index >= 15 is 0 Å². The Bertz CT molecular complexity index is 777. The predicted molar refractivity (Wildman–Crippen MR) is 93.4 cm³/mol. The Labute approximate surface area is 146 Å². The van der Waals surface area contributed by atoms with E-state index in [9.17, 15) is 14.7 Å². The van der Waals surface area contributed by atoms with Crippen molar-refractivity contribution in [3.05, 3.63) is 65.0 Å². The van der Waals surface area contributed by atoms with Gasteiger partial charge in [-0.25, -0.2) is 4.98 Å². The summed E-state index contributed by atoms with van der Waals surface area (Å²) in [6.07, 6.45) is 1.49. The molecule has 1 aliphatic rings. The third kappa shape index (κ3) is 4.03. The van der Waals surface area contributed by atoms with Crippen molar-refractivity contribution in [3.8, 4) is 0 Å². The van der Waals surface area contributed by atoms with Gasteiger partial charge in [-0.3, -0.25) is 9.59 Å². The van der Waals surface area contributed by atoms with Crippen LogP contribution in [0.3, 0.4) is 0 Å². The molecule has 1 heterocycles. The second-order valence-electron chi connectivity index (χ2n) is 6.20. The lowest BCUT2D eigenvalue weighted by atomic mass is 9.89. The van der Waals surface area contributed by atoms with Crippen molar-refractivity contribution < 1.29 is 14.7 Å². The van der Waals surface area contributed by atoms with Gasteiger partial charge in [0.25, 0.3) is 11.8 Å². The maximum absolute atomic E-state index is 12.5. The zero-order valence-electron chi connectivity index (χ0n) is 14.0. The van der Waals surface area contributed by atoms with Crippen molar-refractivity contribution in [3.63, 3.8) is 0 Å². The van der Waals surface area contributed by atoms with Crippen LogP contribution in [-0.4, -0.2) is 41.1 Å². The highest BCUT2D eigenvalue weighted by molar-refractivity contribution is 5.98. The van der Waals surface area contributed by atoms with Crippen molar-refractivity contribution in [2.75, 3.05) is 7.05 Å². The lowest BCUT2D eigenvalue weighted by Gasteiger charge is -2.32. The van der Waals surface area contributed by atoms with Gasteiger partial charge in [0, 0.05) is 24.7 Å². The van der Waals surface area contributed by atoms with Crippen LogP contribution in [-0.2, 0) is 6.42 Å². The van der Waals surface area contributed by atoms with Crippen LogP contribution in [0.4, 0.5) is 0 Å². The number of pyridine rings is 1. The van der Waals surface area contributed by atoms with Crippen molar-refractivity contribution in [1.29, 1.82) is 0 Å². The molecule has 1 fully saturated rings. The normalized spacial score (nSPS) is 19.0. The standard InChI is InChI=1S/C19H21N3O3/c1-20-19(25)16-11-13(18(24)22-15-7-8-17(15)23)10-14(21-16)9-12-5-3-2-4-6-12/h2-6,10-11,15,17,23H,7-9H2,1H3,(H,20,25)(H,22,24)/t15-,17-/m0/s1. The molecule has 0 spiro atoms. The van der Waals surface area contributed by atoms with Crippen molar-refractivity contribution in [2.45, 2.75) is 31.4 Å². The lowest BCUT2D eigenvalue weighted by molar-refractivity contribution is 0.0447. The molecule has 1 saturated carbocycles. The molecule has 2 amide bonds. The number of aliphatic hydroxyl groups excluding tert-OH is 1. The number of aromatic nitrogens is 1. The van der Waals surface area contributed by atoms with Crippen LogP contribution in [0.5, 0.6) is 0 Å². The largest absolute Gasteiger partial charge is 0.391 e. The smallest absolute Gasteiger partial charge is 0.269 e. The van der Waals surface area contributed by atoms with Crippen LogP contribution in [0.2, 0.25) is 0 Å². The fraction of sp³-hybridized carbons (Fsp3) is 0.316. The molecule has 6 nitrogen and oxygen atoms in total. The highest BCUT2D eigenvalue weighted by atomic mass is 16.3. The molecule has 130 valence electrons. The molecule has 0 aliphatic heterocycles. The molecular weight excluding hydrogens is 318 g/mol. The zero-order valence-corrected chi connectivity index (χ0v) is 14.0. The third-order valence-corrected chi connectivity index (χ3v) is 4.38. The topological polar surface area (TPSA) is 91.3 Å². The Balaban J connectivity index is 1.86. The summed E-state index contributed by atoms with van der Waals surface area (Å²) in [5, 5.41) is 15.0. The molecular formula is C19H21N3O3. The summed E-state index contributed by atoms with van der Waals surface area (Å²) in [6, 6.07) is 12.7. The molecule has 1 aliphatic carbocycles. The molecule has 0 bridgehead atoms. The number of benzene rings is 1. The molecule has 25 heavy (non-hydrogen) atoms. The van der Waals surface area contributed by atoms with E-state index in [4.69, 9.17) is 0 Å². The average molecular weight is 339 g/mol. The Morgan fingerprint density at radius 1 is 1.16 bits per heavy atom. The Morgan fingerprint density at radius 2 is 1.92 bits per heavy atom. The fourth-order valence-electron chi connectivity index (χ4n) is 2.76. The van der Waals surface area contributed by atoms with Gasteiger partial charge >= 0.3 is 0 Å². The molecule has 0 unspecified atom stereocenters. The molecule has 0 radical (unpaired) electrons. The number of amides is 2. The van der Waals surface area contributed by atoms with E-state index in [-0.39, 0.29) is 23.6 Å². The number of carbonyl (C=O) groups excluding carboxylic acids is 2. The first kappa shape index (κ1) is 17.1. The van der Waals surface area contributed by atoms with Crippen LogP contribution >= 0.6 is 0 Å². The first-order valence-corrected chi connectivity index (χ1v) is 8.32. The minimum atomic E-state index is -0.493.